The highest BCUT2D eigenvalue weighted by atomic mass is 32.1. The number of fused-ring (bicyclic) bond motifs is 3. The van der Waals surface area contributed by atoms with Crippen LogP contribution >= 0.6 is 22.7 Å². The third-order valence-corrected chi connectivity index (χ3v) is 9.95. The van der Waals surface area contributed by atoms with Crippen LogP contribution in [0.1, 0.15) is 30.5 Å². The van der Waals surface area contributed by atoms with Crippen LogP contribution in [0, 0.1) is 58.2 Å². The summed E-state index contributed by atoms with van der Waals surface area (Å²) in [5.74, 6) is -25.8. The van der Waals surface area contributed by atoms with Crippen LogP contribution in [-0.2, 0) is 0 Å². The Labute approximate surface area is 288 Å². The average molecular weight is 763 g/mol. The van der Waals surface area contributed by atoms with E-state index in [1.807, 2.05) is 0 Å². The molecule has 0 aliphatic rings. The molecule has 0 atom stereocenters. The van der Waals surface area contributed by atoms with E-state index in [0.29, 0.717) is 44.5 Å². The van der Waals surface area contributed by atoms with Crippen molar-refractivity contribution < 1.29 is 62.3 Å². The van der Waals surface area contributed by atoms with Gasteiger partial charge in [0, 0.05) is 0 Å². The van der Waals surface area contributed by atoms with Gasteiger partial charge in [0.05, 0.1) is 19.5 Å². The van der Waals surface area contributed by atoms with E-state index in [-0.39, 0.29) is 42.5 Å². The van der Waals surface area contributed by atoms with Crippen molar-refractivity contribution in [3.8, 4) is 21.5 Å². The highest BCUT2D eigenvalue weighted by Crippen LogP contribution is 2.37. The van der Waals surface area contributed by atoms with Gasteiger partial charge in [0.25, 0.3) is 0 Å². The second kappa shape index (κ2) is 11.8. The lowest BCUT2D eigenvalue weighted by Crippen LogP contribution is -2.12. The summed E-state index contributed by atoms with van der Waals surface area (Å²) in [5, 5.41) is 1.15. The number of ketones is 2. The fraction of sp³-hybridized carbons (Fsp3) is 0. The van der Waals surface area contributed by atoms with Gasteiger partial charge in [-0.25, -0.2) is 53.9 Å². The Morgan fingerprint density at radius 1 is 0.462 bits per heavy atom. The zero-order valence-corrected chi connectivity index (χ0v) is 26.4. The summed E-state index contributed by atoms with van der Waals surface area (Å²) in [6.07, 6.45) is 0. The van der Waals surface area contributed by atoms with Crippen molar-refractivity contribution >= 4 is 67.2 Å². The topological polar surface area (TPSA) is 86.2 Å². The van der Waals surface area contributed by atoms with Gasteiger partial charge in [-0.1, -0.05) is 0 Å². The van der Waals surface area contributed by atoms with E-state index >= 15 is 0 Å². The molecule has 0 amide bonds. The zero-order chi connectivity index (χ0) is 36.9. The second-order valence-corrected chi connectivity index (χ2v) is 13.1. The van der Waals surface area contributed by atoms with Crippen molar-refractivity contribution in [2.75, 3.05) is 0 Å². The second-order valence-electron chi connectivity index (χ2n) is 10.9. The lowest BCUT2D eigenvalue weighted by atomic mass is 10.1. The van der Waals surface area contributed by atoms with Gasteiger partial charge in [-0.15, -0.1) is 22.7 Å². The summed E-state index contributed by atoms with van der Waals surface area (Å²) in [6, 6.07) is 11.3. The SMILES string of the molecule is O=C(c1ccc(-c2nc3cc4cc5oc(-c6ccc(C(=O)c7c(F)c(F)c(F)c(F)c7F)s6)nc5cc4cc3o2)s1)c1c(F)c(F)c(F)c(F)c1F. The summed E-state index contributed by atoms with van der Waals surface area (Å²) in [5.41, 5.74) is -2.07. The molecule has 260 valence electrons. The van der Waals surface area contributed by atoms with E-state index in [4.69, 9.17) is 8.83 Å². The van der Waals surface area contributed by atoms with Crippen LogP contribution in [0.3, 0.4) is 0 Å². The Balaban J connectivity index is 1.09. The molecule has 8 rings (SSSR count). The number of carbonyl (C=O) groups is 2. The molecule has 18 heteroatoms. The van der Waals surface area contributed by atoms with Gasteiger partial charge >= 0.3 is 0 Å². The number of carbonyl (C=O) groups excluding carboxylic acids is 2. The number of rotatable bonds is 6. The Hall–Kier alpha value is -5.88. The van der Waals surface area contributed by atoms with Crippen molar-refractivity contribution in [2.45, 2.75) is 0 Å². The first-order chi connectivity index (χ1) is 24.7. The summed E-state index contributed by atoms with van der Waals surface area (Å²) >= 11 is 1.28. The predicted octanol–water partition coefficient (Wildman–Crippen LogP) is 10.4. The lowest BCUT2D eigenvalue weighted by molar-refractivity contribution is 0.102. The van der Waals surface area contributed by atoms with Gasteiger partial charge in [0.1, 0.15) is 22.2 Å². The van der Waals surface area contributed by atoms with E-state index < -0.39 is 80.9 Å². The molecule has 8 aromatic rings. The van der Waals surface area contributed by atoms with Crippen LogP contribution in [0.2, 0.25) is 0 Å². The molecule has 0 saturated carbocycles. The molecule has 0 radical (unpaired) electrons. The average Bonchev–Trinajstić information content (AvgIpc) is 3.95. The van der Waals surface area contributed by atoms with Gasteiger partial charge < -0.3 is 8.83 Å². The van der Waals surface area contributed by atoms with Crippen LogP contribution in [0.4, 0.5) is 43.9 Å². The van der Waals surface area contributed by atoms with E-state index in [0.717, 1.165) is 12.1 Å². The van der Waals surface area contributed by atoms with Crippen LogP contribution < -0.4 is 0 Å². The normalized spacial score (nSPS) is 11.8. The number of hydrogen-bond donors (Lipinski definition) is 0. The van der Waals surface area contributed by atoms with Crippen molar-refractivity contribution in [1.82, 2.24) is 9.97 Å². The Morgan fingerprint density at radius 2 is 0.788 bits per heavy atom. The minimum atomic E-state index is -2.40. The van der Waals surface area contributed by atoms with Crippen molar-refractivity contribution in [2.24, 2.45) is 0 Å². The first kappa shape index (κ1) is 33.3. The minimum Gasteiger partial charge on any atom is -0.435 e. The molecular weight excluding hydrogens is 754 g/mol. The third-order valence-electron chi connectivity index (χ3n) is 7.81. The van der Waals surface area contributed by atoms with Gasteiger partial charge in [-0.2, -0.15) is 0 Å². The fourth-order valence-electron chi connectivity index (χ4n) is 5.31. The van der Waals surface area contributed by atoms with Crippen LogP contribution in [-0.4, -0.2) is 21.5 Å². The minimum absolute atomic E-state index is 0.0233. The van der Waals surface area contributed by atoms with Crippen molar-refractivity contribution in [3.05, 3.63) is 128 Å². The summed E-state index contributed by atoms with van der Waals surface area (Å²) in [4.78, 5) is 34.0. The van der Waals surface area contributed by atoms with Gasteiger partial charge in [0.2, 0.25) is 35.0 Å². The molecule has 0 spiro atoms. The summed E-state index contributed by atoms with van der Waals surface area (Å²) in [6.45, 7) is 0. The first-order valence-corrected chi connectivity index (χ1v) is 15.8. The van der Waals surface area contributed by atoms with Crippen molar-refractivity contribution in [3.63, 3.8) is 0 Å². The number of hydrogen-bond acceptors (Lipinski definition) is 8. The standard InChI is InChI=1S/C34H8F10N2O4S2/c35-21-19(22(36)26(40)29(43)25(21)39)31(47)15-1-3-17(51-15)33-45-11-5-9-8-14-12(6-10(9)7-13(11)49-33)46-34(50-14)18-4-2-16(52-18)32(48)20-23(37)27(41)30(44)28(42)24(20)38/h1-8H. The Morgan fingerprint density at radius 3 is 1.13 bits per heavy atom. The van der Waals surface area contributed by atoms with E-state index in [1.54, 1.807) is 24.3 Å². The maximum Gasteiger partial charge on any atom is 0.237 e. The molecule has 52 heavy (non-hydrogen) atoms. The van der Waals surface area contributed by atoms with Gasteiger partial charge in [-0.3, -0.25) is 9.59 Å². The number of oxazole rings is 2. The summed E-state index contributed by atoms with van der Waals surface area (Å²) < 4.78 is 150. The number of halogens is 10. The molecule has 4 heterocycles. The maximum atomic E-state index is 14.2. The summed E-state index contributed by atoms with van der Waals surface area (Å²) in [7, 11) is 0. The molecular formula is C34H8F10N2O4S2. The zero-order valence-electron chi connectivity index (χ0n) is 24.7. The van der Waals surface area contributed by atoms with E-state index in [2.05, 4.69) is 9.97 Å². The molecule has 6 nitrogen and oxygen atoms in total. The molecule has 0 aliphatic heterocycles. The van der Waals surface area contributed by atoms with Crippen LogP contribution in [0.25, 0.3) is 54.5 Å². The maximum absolute atomic E-state index is 14.2. The van der Waals surface area contributed by atoms with Crippen molar-refractivity contribution in [1.29, 1.82) is 0 Å². The lowest BCUT2D eigenvalue weighted by Gasteiger charge is -2.06. The molecule has 0 fully saturated rings. The molecule has 0 unspecified atom stereocenters. The smallest absolute Gasteiger partial charge is 0.237 e. The number of aromatic nitrogens is 2. The number of benzene rings is 4. The quantitative estimate of drug-likeness (QED) is 0.0726. The molecule has 4 aromatic carbocycles. The molecule has 0 bridgehead atoms. The van der Waals surface area contributed by atoms with Gasteiger partial charge in [0.15, 0.2) is 57.7 Å². The predicted molar refractivity (Wildman–Crippen MR) is 165 cm³/mol. The third kappa shape index (κ3) is 5.00. The van der Waals surface area contributed by atoms with Crippen LogP contribution in [0.5, 0.6) is 0 Å². The Kier molecular flexibility index (Phi) is 7.58. The largest absolute Gasteiger partial charge is 0.435 e. The van der Waals surface area contributed by atoms with E-state index in [9.17, 15) is 53.5 Å². The highest BCUT2D eigenvalue weighted by Gasteiger charge is 2.32. The van der Waals surface area contributed by atoms with E-state index in [1.165, 1.54) is 12.1 Å². The molecule has 0 aliphatic carbocycles. The fourth-order valence-corrected chi connectivity index (χ4v) is 7.07. The Bertz CT molecular complexity index is 2560. The number of thiophene rings is 2. The van der Waals surface area contributed by atoms with Gasteiger partial charge in [-0.05, 0) is 59.3 Å². The first-order valence-electron chi connectivity index (χ1n) is 14.2. The molecule has 0 N–H and O–H groups in total. The highest BCUT2D eigenvalue weighted by molar-refractivity contribution is 7.17. The molecule has 0 saturated heterocycles. The monoisotopic (exact) mass is 762 g/mol. The number of nitrogens with zero attached hydrogens (tertiary/aromatic N) is 2. The molecule has 4 aromatic heterocycles. The van der Waals surface area contributed by atoms with Crippen LogP contribution in [0.15, 0.2) is 57.4 Å².